The Morgan fingerprint density at radius 3 is 2.82 bits per heavy atom. The molecule has 0 amide bonds. The van der Waals surface area contributed by atoms with E-state index in [4.69, 9.17) is 0 Å². The first-order valence-electron chi connectivity index (χ1n) is 5.05. The zero-order valence-corrected chi connectivity index (χ0v) is 10.7. The fourth-order valence-electron chi connectivity index (χ4n) is 1.48. The van der Waals surface area contributed by atoms with E-state index in [1.165, 1.54) is 0 Å². The maximum atomic E-state index is 11.7. The zero-order chi connectivity index (χ0) is 12.4. The molecule has 0 bridgehead atoms. The second-order valence-electron chi connectivity index (χ2n) is 3.46. The van der Waals surface area contributed by atoms with Crippen molar-refractivity contribution >= 4 is 15.9 Å². The average Bonchev–Trinajstić information content (AvgIpc) is 2.28. The lowest BCUT2D eigenvalue weighted by atomic mass is 10.2. The maximum absolute atomic E-state index is 11.7. The van der Waals surface area contributed by atoms with Crippen LogP contribution >= 0.6 is 15.9 Å². The monoisotopic (exact) mass is 295 g/mol. The molecule has 0 aliphatic rings. The van der Waals surface area contributed by atoms with E-state index in [0.29, 0.717) is 17.8 Å². The van der Waals surface area contributed by atoms with Crippen molar-refractivity contribution in [3.63, 3.8) is 0 Å². The number of rotatable bonds is 2. The molecule has 0 aliphatic carbocycles. The zero-order valence-electron chi connectivity index (χ0n) is 9.07. The Hall–Kier alpha value is -1.69. The third-order valence-corrected chi connectivity index (χ3v) is 2.76. The number of pyridine rings is 1. The molecule has 0 unspecified atom stereocenters. The largest absolute Gasteiger partial charge is 0.493 e. The Balaban J connectivity index is 2.58. The van der Waals surface area contributed by atoms with E-state index in [-0.39, 0.29) is 17.0 Å². The normalized spacial score (nSPS) is 10.5. The molecule has 0 aliphatic heterocycles. The predicted octanol–water partition coefficient (Wildman–Crippen LogP) is 1.86. The highest BCUT2D eigenvalue weighted by molar-refractivity contribution is 9.10. The number of H-pyrrole nitrogens is 1. The minimum absolute atomic E-state index is 0.230. The van der Waals surface area contributed by atoms with Crippen LogP contribution in [0.1, 0.15) is 12.5 Å². The van der Waals surface area contributed by atoms with Gasteiger partial charge in [-0.1, -0.05) is 6.92 Å². The van der Waals surface area contributed by atoms with Crippen LogP contribution in [0.4, 0.5) is 0 Å². The van der Waals surface area contributed by atoms with Crippen LogP contribution in [-0.4, -0.2) is 20.1 Å². The van der Waals surface area contributed by atoms with E-state index in [0.717, 1.165) is 4.47 Å². The number of nitrogens with one attached hydrogen (secondary N) is 1. The second kappa shape index (κ2) is 4.67. The van der Waals surface area contributed by atoms with Crippen LogP contribution in [0.2, 0.25) is 0 Å². The molecule has 2 heterocycles. The molecule has 2 aromatic rings. The molecule has 6 heteroatoms. The molecule has 2 aromatic heterocycles. The number of hydrogen-bond acceptors (Lipinski definition) is 4. The van der Waals surface area contributed by atoms with Crippen LogP contribution in [0.5, 0.6) is 5.88 Å². The number of hydrogen-bond donors (Lipinski definition) is 2. The lowest BCUT2D eigenvalue weighted by molar-refractivity contribution is 0.444. The molecule has 0 saturated heterocycles. The summed E-state index contributed by atoms with van der Waals surface area (Å²) in [6.07, 6.45) is 3.63. The van der Waals surface area contributed by atoms with Crippen molar-refractivity contribution in [2.24, 2.45) is 0 Å². The Bertz CT molecular complexity index is 610. The first-order chi connectivity index (χ1) is 8.11. The van der Waals surface area contributed by atoms with Crippen LogP contribution < -0.4 is 5.56 Å². The average molecular weight is 296 g/mol. The Labute approximate surface area is 106 Å². The van der Waals surface area contributed by atoms with E-state index in [2.05, 4.69) is 30.9 Å². The van der Waals surface area contributed by atoms with Crippen molar-refractivity contribution in [2.75, 3.05) is 0 Å². The SMILES string of the molecule is CCc1c(O)nc(-c2cncc(Br)c2)[nH]c1=O. The summed E-state index contributed by atoms with van der Waals surface area (Å²) < 4.78 is 0.775. The summed E-state index contributed by atoms with van der Waals surface area (Å²) in [4.78, 5) is 22.2. The van der Waals surface area contributed by atoms with Crippen molar-refractivity contribution in [3.05, 3.63) is 38.9 Å². The Kier molecular flexibility index (Phi) is 3.23. The van der Waals surface area contributed by atoms with E-state index in [1.807, 2.05) is 0 Å². The molecule has 0 spiro atoms. The third kappa shape index (κ3) is 2.36. The van der Waals surface area contributed by atoms with Gasteiger partial charge in [-0.05, 0) is 28.4 Å². The van der Waals surface area contributed by atoms with Gasteiger partial charge in [-0.15, -0.1) is 0 Å². The molecule has 0 fully saturated rings. The van der Waals surface area contributed by atoms with Gasteiger partial charge in [-0.2, -0.15) is 4.98 Å². The molecule has 5 nitrogen and oxygen atoms in total. The Morgan fingerprint density at radius 2 is 2.24 bits per heavy atom. The van der Waals surface area contributed by atoms with Gasteiger partial charge in [-0.3, -0.25) is 9.78 Å². The van der Waals surface area contributed by atoms with Crippen molar-refractivity contribution in [1.82, 2.24) is 15.0 Å². The lowest BCUT2D eigenvalue weighted by Gasteiger charge is -2.04. The molecular formula is C11H10BrN3O2. The maximum Gasteiger partial charge on any atom is 0.258 e. The smallest absolute Gasteiger partial charge is 0.258 e. The highest BCUT2D eigenvalue weighted by Crippen LogP contribution is 2.20. The molecule has 88 valence electrons. The molecule has 2 rings (SSSR count). The minimum Gasteiger partial charge on any atom is -0.493 e. The number of aromatic amines is 1. The van der Waals surface area contributed by atoms with Crippen LogP contribution in [0.25, 0.3) is 11.4 Å². The third-order valence-electron chi connectivity index (χ3n) is 2.33. The second-order valence-corrected chi connectivity index (χ2v) is 4.38. The molecule has 0 radical (unpaired) electrons. The van der Waals surface area contributed by atoms with Gasteiger partial charge in [0.2, 0.25) is 5.88 Å². The minimum atomic E-state index is -0.324. The van der Waals surface area contributed by atoms with E-state index in [9.17, 15) is 9.90 Å². The molecule has 17 heavy (non-hydrogen) atoms. The van der Waals surface area contributed by atoms with Gasteiger partial charge in [0.1, 0.15) is 5.82 Å². The summed E-state index contributed by atoms with van der Waals surface area (Å²) in [5.74, 6) is 0.0738. The molecular weight excluding hydrogens is 286 g/mol. The first-order valence-corrected chi connectivity index (χ1v) is 5.84. The van der Waals surface area contributed by atoms with Crippen molar-refractivity contribution < 1.29 is 5.11 Å². The molecule has 0 atom stereocenters. The first kappa shape index (κ1) is 11.8. The summed E-state index contributed by atoms with van der Waals surface area (Å²) in [5.41, 5.74) is 0.598. The van der Waals surface area contributed by atoms with Gasteiger partial charge >= 0.3 is 0 Å². The number of nitrogens with zero attached hydrogens (tertiary/aromatic N) is 2. The van der Waals surface area contributed by atoms with E-state index in [1.54, 1.807) is 25.4 Å². The van der Waals surface area contributed by atoms with E-state index < -0.39 is 0 Å². The number of aromatic nitrogens is 3. The van der Waals surface area contributed by atoms with Gasteiger partial charge in [0.05, 0.1) is 5.56 Å². The number of halogens is 1. The Morgan fingerprint density at radius 1 is 1.47 bits per heavy atom. The number of aromatic hydroxyl groups is 1. The van der Waals surface area contributed by atoms with Crippen LogP contribution in [-0.2, 0) is 6.42 Å². The van der Waals surface area contributed by atoms with Gasteiger partial charge in [-0.25, -0.2) is 0 Å². The quantitative estimate of drug-likeness (QED) is 0.886. The van der Waals surface area contributed by atoms with Crippen LogP contribution in [0.15, 0.2) is 27.7 Å². The summed E-state index contributed by atoms with van der Waals surface area (Å²) in [5, 5.41) is 9.64. The van der Waals surface area contributed by atoms with Crippen molar-refractivity contribution in [1.29, 1.82) is 0 Å². The summed E-state index contributed by atoms with van der Waals surface area (Å²) >= 11 is 3.28. The van der Waals surface area contributed by atoms with Gasteiger partial charge in [0, 0.05) is 22.4 Å². The van der Waals surface area contributed by atoms with Crippen molar-refractivity contribution in [2.45, 2.75) is 13.3 Å². The van der Waals surface area contributed by atoms with Gasteiger partial charge in [0.25, 0.3) is 5.56 Å². The lowest BCUT2D eigenvalue weighted by Crippen LogP contribution is -2.14. The summed E-state index contributed by atoms with van der Waals surface area (Å²) in [7, 11) is 0. The highest BCUT2D eigenvalue weighted by Gasteiger charge is 2.10. The summed E-state index contributed by atoms with van der Waals surface area (Å²) in [6, 6.07) is 1.76. The molecule has 2 N–H and O–H groups in total. The van der Waals surface area contributed by atoms with Crippen LogP contribution in [0, 0.1) is 0 Å². The summed E-state index contributed by atoms with van der Waals surface area (Å²) in [6.45, 7) is 1.78. The van der Waals surface area contributed by atoms with E-state index >= 15 is 0 Å². The standard InChI is InChI=1S/C11H10BrN3O2/c1-2-8-10(16)14-9(15-11(8)17)6-3-7(12)5-13-4-6/h3-5H,2H2,1H3,(H2,14,15,16,17). The van der Waals surface area contributed by atoms with Crippen LogP contribution in [0.3, 0.4) is 0 Å². The fraction of sp³-hybridized carbons (Fsp3) is 0.182. The fourth-order valence-corrected chi connectivity index (χ4v) is 1.85. The van der Waals surface area contributed by atoms with Gasteiger partial charge in [0.15, 0.2) is 0 Å². The molecule has 0 aromatic carbocycles. The topological polar surface area (TPSA) is 78.9 Å². The molecule has 0 saturated carbocycles. The van der Waals surface area contributed by atoms with Gasteiger partial charge < -0.3 is 10.1 Å². The van der Waals surface area contributed by atoms with Crippen molar-refractivity contribution in [3.8, 4) is 17.3 Å². The highest BCUT2D eigenvalue weighted by atomic mass is 79.9. The predicted molar refractivity (Wildman–Crippen MR) is 66.8 cm³/mol.